The quantitative estimate of drug-likeness (QED) is 0.715. The Morgan fingerprint density at radius 2 is 1.91 bits per heavy atom. The summed E-state index contributed by atoms with van der Waals surface area (Å²) in [7, 11) is 0. The first kappa shape index (κ1) is 18.0. The molecule has 0 aliphatic carbocycles. The van der Waals surface area contributed by atoms with Gasteiger partial charge >= 0.3 is 0 Å². The SMILES string of the molecule is CCCOc1ccccc1N(CC1OC(C)C(C)O1)C(=O)CCl. The number of hydrogen-bond acceptors (Lipinski definition) is 4. The van der Waals surface area contributed by atoms with Gasteiger partial charge in [0, 0.05) is 0 Å². The van der Waals surface area contributed by atoms with Crippen LogP contribution in [0, 0.1) is 0 Å². The molecule has 0 saturated carbocycles. The zero-order valence-electron chi connectivity index (χ0n) is 13.8. The number of amides is 1. The van der Waals surface area contributed by atoms with Crippen LogP contribution in [-0.2, 0) is 14.3 Å². The highest BCUT2D eigenvalue weighted by Crippen LogP contribution is 2.30. The molecule has 1 aliphatic heterocycles. The average Bonchev–Trinajstić information content (AvgIpc) is 2.88. The van der Waals surface area contributed by atoms with Crippen LogP contribution in [0.3, 0.4) is 0 Å². The Bertz CT molecular complexity index is 515. The fraction of sp³-hybridized carbons (Fsp3) is 0.588. The number of para-hydroxylation sites is 2. The molecule has 1 amide bonds. The molecule has 1 aliphatic rings. The van der Waals surface area contributed by atoms with Crippen molar-refractivity contribution in [3.63, 3.8) is 0 Å². The van der Waals surface area contributed by atoms with E-state index in [0.29, 0.717) is 18.0 Å². The van der Waals surface area contributed by atoms with Gasteiger partial charge in [-0.1, -0.05) is 19.1 Å². The predicted molar refractivity (Wildman–Crippen MR) is 90.2 cm³/mol. The molecule has 23 heavy (non-hydrogen) atoms. The summed E-state index contributed by atoms with van der Waals surface area (Å²) in [5.74, 6) is 0.338. The van der Waals surface area contributed by atoms with Crippen LogP contribution in [0.25, 0.3) is 0 Å². The summed E-state index contributed by atoms with van der Waals surface area (Å²) < 4.78 is 17.2. The fourth-order valence-electron chi connectivity index (χ4n) is 2.39. The fourth-order valence-corrected chi connectivity index (χ4v) is 2.53. The van der Waals surface area contributed by atoms with Crippen molar-refractivity contribution in [1.29, 1.82) is 0 Å². The Morgan fingerprint density at radius 3 is 2.52 bits per heavy atom. The molecule has 1 aromatic carbocycles. The van der Waals surface area contributed by atoms with Gasteiger partial charge < -0.3 is 19.1 Å². The number of halogens is 1. The number of hydrogen-bond donors (Lipinski definition) is 0. The van der Waals surface area contributed by atoms with Crippen LogP contribution in [0.1, 0.15) is 27.2 Å². The van der Waals surface area contributed by atoms with Gasteiger partial charge in [-0.25, -0.2) is 0 Å². The number of benzene rings is 1. The summed E-state index contributed by atoms with van der Waals surface area (Å²) in [5.41, 5.74) is 0.686. The lowest BCUT2D eigenvalue weighted by Gasteiger charge is -2.26. The molecule has 1 heterocycles. The Kier molecular flexibility index (Phi) is 6.69. The topological polar surface area (TPSA) is 48.0 Å². The normalized spacial score (nSPS) is 23.7. The summed E-state index contributed by atoms with van der Waals surface area (Å²) >= 11 is 5.78. The van der Waals surface area contributed by atoms with Crippen LogP contribution in [0.4, 0.5) is 5.69 Å². The molecule has 2 unspecified atom stereocenters. The van der Waals surface area contributed by atoms with Gasteiger partial charge in [-0.2, -0.15) is 0 Å². The zero-order valence-corrected chi connectivity index (χ0v) is 14.6. The molecule has 5 nitrogen and oxygen atoms in total. The van der Waals surface area contributed by atoms with E-state index in [0.717, 1.165) is 6.42 Å². The molecule has 0 N–H and O–H groups in total. The third-order valence-electron chi connectivity index (χ3n) is 3.76. The molecule has 0 bridgehead atoms. The van der Waals surface area contributed by atoms with Crippen molar-refractivity contribution < 1.29 is 19.0 Å². The van der Waals surface area contributed by atoms with E-state index in [2.05, 4.69) is 0 Å². The van der Waals surface area contributed by atoms with Crippen molar-refractivity contribution in [3.05, 3.63) is 24.3 Å². The third kappa shape index (κ3) is 4.59. The lowest BCUT2D eigenvalue weighted by atomic mass is 10.2. The Labute approximate surface area is 142 Å². The van der Waals surface area contributed by atoms with Crippen molar-refractivity contribution in [1.82, 2.24) is 0 Å². The van der Waals surface area contributed by atoms with E-state index in [9.17, 15) is 4.79 Å². The summed E-state index contributed by atoms with van der Waals surface area (Å²) in [6.07, 6.45) is 0.423. The number of ether oxygens (including phenoxy) is 3. The van der Waals surface area contributed by atoms with E-state index < -0.39 is 6.29 Å². The Morgan fingerprint density at radius 1 is 1.26 bits per heavy atom. The first-order valence-electron chi connectivity index (χ1n) is 7.95. The van der Waals surface area contributed by atoms with Gasteiger partial charge in [0.1, 0.15) is 11.6 Å². The van der Waals surface area contributed by atoms with Crippen molar-refractivity contribution in [2.45, 2.75) is 45.7 Å². The molecule has 1 aromatic rings. The molecular formula is C17H24ClNO4. The average molecular weight is 342 g/mol. The number of rotatable bonds is 7. The lowest BCUT2D eigenvalue weighted by molar-refractivity contribution is -0.118. The second-order valence-corrected chi connectivity index (χ2v) is 5.83. The summed E-state index contributed by atoms with van der Waals surface area (Å²) in [4.78, 5) is 13.9. The van der Waals surface area contributed by atoms with E-state index in [1.807, 2.05) is 45.0 Å². The van der Waals surface area contributed by atoms with Crippen LogP contribution in [0.5, 0.6) is 5.75 Å². The van der Waals surface area contributed by atoms with Crippen molar-refractivity contribution in [3.8, 4) is 5.75 Å². The van der Waals surface area contributed by atoms with Crippen LogP contribution in [-0.4, -0.2) is 43.4 Å². The molecule has 1 fully saturated rings. The van der Waals surface area contributed by atoms with Crippen LogP contribution >= 0.6 is 11.6 Å². The van der Waals surface area contributed by atoms with Crippen LogP contribution < -0.4 is 9.64 Å². The van der Waals surface area contributed by atoms with Crippen molar-refractivity contribution in [2.24, 2.45) is 0 Å². The zero-order chi connectivity index (χ0) is 16.8. The van der Waals surface area contributed by atoms with Gasteiger partial charge in [-0.15, -0.1) is 11.6 Å². The van der Waals surface area contributed by atoms with Crippen LogP contribution in [0.15, 0.2) is 24.3 Å². The second-order valence-electron chi connectivity index (χ2n) is 5.57. The maximum absolute atomic E-state index is 12.3. The number of carbonyl (C=O) groups is 1. The first-order chi connectivity index (χ1) is 11.1. The van der Waals surface area contributed by atoms with E-state index in [1.165, 1.54) is 0 Å². The third-order valence-corrected chi connectivity index (χ3v) is 3.99. The number of alkyl halides is 1. The highest BCUT2D eigenvalue weighted by Gasteiger charge is 2.33. The number of anilines is 1. The minimum absolute atomic E-state index is 0.000427. The van der Waals surface area contributed by atoms with E-state index >= 15 is 0 Å². The molecular weight excluding hydrogens is 318 g/mol. The van der Waals surface area contributed by atoms with E-state index in [-0.39, 0.29) is 30.5 Å². The van der Waals surface area contributed by atoms with E-state index in [1.54, 1.807) is 4.90 Å². The second kappa shape index (κ2) is 8.52. The van der Waals surface area contributed by atoms with Gasteiger partial charge in [0.15, 0.2) is 6.29 Å². The van der Waals surface area contributed by atoms with E-state index in [4.69, 9.17) is 25.8 Å². The molecule has 6 heteroatoms. The van der Waals surface area contributed by atoms with Crippen molar-refractivity contribution in [2.75, 3.05) is 23.9 Å². The molecule has 2 atom stereocenters. The molecule has 1 saturated heterocycles. The number of nitrogens with zero attached hydrogens (tertiary/aromatic N) is 1. The Balaban J connectivity index is 2.20. The highest BCUT2D eigenvalue weighted by atomic mass is 35.5. The van der Waals surface area contributed by atoms with Gasteiger partial charge in [0.2, 0.25) is 5.91 Å². The maximum atomic E-state index is 12.3. The summed E-state index contributed by atoms with van der Waals surface area (Å²) in [5, 5.41) is 0. The minimum atomic E-state index is -0.466. The van der Waals surface area contributed by atoms with Gasteiger partial charge in [0.25, 0.3) is 0 Å². The minimum Gasteiger partial charge on any atom is -0.491 e. The standard InChI is InChI=1S/C17H24ClNO4/c1-4-9-21-15-8-6-5-7-14(15)19(16(20)10-18)11-17-22-12(2)13(3)23-17/h5-8,12-13,17H,4,9-11H2,1-3H3. The van der Waals surface area contributed by atoms with Crippen LogP contribution in [0.2, 0.25) is 0 Å². The van der Waals surface area contributed by atoms with Crippen molar-refractivity contribution >= 4 is 23.2 Å². The summed E-state index contributed by atoms with van der Waals surface area (Å²) in [6.45, 7) is 6.82. The van der Waals surface area contributed by atoms with Gasteiger partial charge in [0.05, 0.1) is 31.0 Å². The highest BCUT2D eigenvalue weighted by molar-refractivity contribution is 6.29. The first-order valence-corrected chi connectivity index (χ1v) is 8.49. The Hall–Kier alpha value is -1.30. The van der Waals surface area contributed by atoms with Gasteiger partial charge in [-0.05, 0) is 32.4 Å². The van der Waals surface area contributed by atoms with Gasteiger partial charge in [-0.3, -0.25) is 4.79 Å². The predicted octanol–water partition coefficient (Wildman–Crippen LogP) is 3.20. The summed E-state index contributed by atoms with van der Waals surface area (Å²) in [6, 6.07) is 7.44. The maximum Gasteiger partial charge on any atom is 0.242 e. The molecule has 0 spiro atoms. The smallest absolute Gasteiger partial charge is 0.242 e. The molecule has 2 rings (SSSR count). The molecule has 0 aromatic heterocycles. The molecule has 0 radical (unpaired) electrons. The monoisotopic (exact) mass is 341 g/mol. The lowest BCUT2D eigenvalue weighted by Crippen LogP contribution is -2.39. The molecule has 128 valence electrons. The number of carbonyl (C=O) groups excluding carboxylic acids is 1. The largest absolute Gasteiger partial charge is 0.491 e.